The van der Waals surface area contributed by atoms with Gasteiger partial charge in [-0.1, -0.05) is 0 Å². The number of rotatable bonds is 5. The number of anilines is 1. The van der Waals surface area contributed by atoms with Gasteiger partial charge in [-0.25, -0.2) is 14.2 Å². The van der Waals surface area contributed by atoms with Crippen molar-refractivity contribution >= 4 is 17.6 Å². The lowest BCUT2D eigenvalue weighted by molar-refractivity contribution is -0.118. The van der Waals surface area contributed by atoms with Crippen LogP contribution in [0.3, 0.4) is 0 Å². The van der Waals surface area contributed by atoms with Crippen LogP contribution in [-0.4, -0.2) is 28.6 Å². The summed E-state index contributed by atoms with van der Waals surface area (Å²) in [6, 6.07) is 7.96. The minimum absolute atomic E-state index is 0.115. The van der Waals surface area contributed by atoms with E-state index in [2.05, 4.69) is 10.3 Å². The van der Waals surface area contributed by atoms with Crippen molar-refractivity contribution in [3.8, 4) is 5.75 Å². The third kappa shape index (κ3) is 4.27. The van der Waals surface area contributed by atoms with Crippen LogP contribution < -0.4 is 10.1 Å². The average Bonchev–Trinajstić information content (AvgIpc) is 2.47. The van der Waals surface area contributed by atoms with Gasteiger partial charge in [0.05, 0.1) is 11.9 Å². The van der Waals surface area contributed by atoms with E-state index < -0.39 is 17.7 Å². The second kappa shape index (κ2) is 6.47. The predicted molar refractivity (Wildman–Crippen MR) is 71.7 cm³/mol. The van der Waals surface area contributed by atoms with Gasteiger partial charge in [0.15, 0.2) is 6.61 Å². The molecule has 0 atom stereocenters. The number of aromatic carboxylic acids is 1. The number of carboxylic acid groups (broad SMARTS) is 1. The van der Waals surface area contributed by atoms with E-state index in [0.29, 0.717) is 11.4 Å². The number of pyridine rings is 1. The molecular weight excluding hydrogens is 279 g/mol. The van der Waals surface area contributed by atoms with E-state index in [0.717, 1.165) is 0 Å². The van der Waals surface area contributed by atoms with Crippen LogP contribution in [0.1, 0.15) is 10.5 Å². The standard InChI is InChI=1S/C14H11FN2O4/c15-9-1-4-11(5-2-9)21-8-13(18)17-10-3-6-12(14(19)20)16-7-10/h1-7H,8H2,(H,17,18)(H,19,20). The largest absolute Gasteiger partial charge is 0.484 e. The molecule has 108 valence electrons. The molecule has 1 aromatic carbocycles. The number of benzene rings is 1. The van der Waals surface area contributed by atoms with Crippen molar-refractivity contribution in [3.05, 3.63) is 54.1 Å². The van der Waals surface area contributed by atoms with Crippen molar-refractivity contribution in [2.45, 2.75) is 0 Å². The zero-order valence-electron chi connectivity index (χ0n) is 10.7. The van der Waals surface area contributed by atoms with Crippen molar-refractivity contribution in [1.82, 2.24) is 4.98 Å². The van der Waals surface area contributed by atoms with E-state index in [-0.39, 0.29) is 12.3 Å². The number of carbonyl (C=O) groups excluding carboxylic acids is 1. The van der Waals surface area contributed by atoms with E-state index in [9.17, 15) is 14.0 Å². The van der Waals surface area contributed by atoms with Crippen molar-refractivity contribution in [1.29, 1.82) is 0 Å². The first-order chi connectivity index (χ1) is 10.0. The third-order valence-electron chi connectivity index (χ3n) is 2.45. The Bertz CT molecular complexity index is 641. The van der Waals surface area contributed by atoms with Gasteiger partial charge in [-0.3, -0.25) is 4.79 Å². The summed E-state index contributed by atoms with van der Waals surface area (Å²) in [4.78, 5) is 25.9. The second-order valence-electron chi connectivity index (χ2n) is 4.03. The molecule has 0 fully saturated rings. The molecule has 0 radical (unpaired) electrons. The zero-order valence-corrected chi connectivity index (χ0v) is 10.7. The Labute approximate surface area is 119 Å². The fourth-order valence-electron chi connectivity index (χ4n) is 1.47. The van der Waals surface area contributed by atoms with E-state index >= 15 is 0 Å². The van der Waals surface area contributed by atoms with Crippen LogP contribution in [0, 0.1) is 5.82 Å². The van der Waals surface area contributed by atoms with Crippen molar-refractivity contribution in [2.24, 2.45) is 0 Å². The fraction of sp³-hybridized carbons (Fsp3) is 0.0714. The highest BCUT2D eigenvalue weighted by atomic mass is 19.1. The molecule has 0 bridgehead atoms. The fourth-order valence-corrected chi connectivity index (χ4v) is 1.47. The lowest BCUT2D eigenvalue weighted by Crippen LogP contribution is -2.20. The normalized spacial score (nSPS) is 9.95. The van der Waals surface area contributed by atoms with Crippen LogP contribution in [0.15, 0.2) is 42.6 Å². The molecule has 0 aliphatic rings. The van der Waals surface area contributed by atoms with Crippen molar-refractivity contribution < 1.29 is 23.8 Å². The quantitative estimate of drug-likeness (QED) is 0.878. The first-order valence-corrected chi connectivity index (χ1v) is 5.92. The van der Waals surface area contributed by atoms with Gasteiger partial charge in [-0.2, -0.15) is 0 Å². The summed E-state index contributed by atoms with van der Waals surface area (Å²) in [5.41, 5.74) is 0.239. The first-order valence-electron chi connectivity index (χ1n) is 5.92. The monoisotopic (exact) mass is 290 g/mol. The van der Waals surface area contributed by atoms with Crippen molar-refractivity contribution in [3.63, 3.8) is 0 Å². The highest BCUT2D eigenvalue weighted by molar-refractivity contribution is 5.92. The summed E-state index contributed by atoms with van der Waals surface area (Å²) in [5.74, 6) is -1.61. The highest BCUT2D eigenvalue weighted by Crippen LogP contribution is 2.11. The molecular formula is C14H11FN2O4. The van der Waals surface area contributed by atoms with Crippen LogP contribution in [0.5, 0.6) is 5.75 Å². The second-order valence-corrected chi connectivity index (χ2v) is 4.03. The van der Waals surface area contributed by atoms with Gasteiger partial charge in [0, 0.05) is 0 Å². The molecule has 2 N–H and O–H groups in total. The topological polar surface area (TPSA) is 88.5 Å². The Morgan fingerprint density at radius 1 is 1.19 bits per heavy atom. The molecule has 1 amide bonds. The van der Waals surface area contributed by atoms with E-state index in [1.165, 1.54) is 42.6 Å². The summed E-state index contributed by atoms with van der Waals surface area (Å²) in [7, 11) is 0. The molecule has 0 unspecified atom stereocenters. The van der Waals surface area contributed by atoms with Crippen LogP contribution in [0.2, 0.25) is 0 Å². The molecule has 2 aromatic rings. The molecule has 1 aromatic heterocycles. The average molecular weight is 290 g/mol. The maximum Gasteiger partial charge on any atom is 0.354 e. The predicted octanol–water partition coefficient (Wildman–Crippen LogP) is 1.94. The Hall–Kier alpha value is -2.96. The summed E-state index contributed by atoms with van der Waals surface area (Å²) >= 11 is 0. The van der Waals surface area contributed by atoms with Gasteiger partial charge in [-0.15, -0.1) is 0 Å². The SMILES string of the molecule is O=C(COc1ccc(F)cc1)Nc1ccc(C(=O)O)nc1. The minimum atomic E-state index is -1.15. The van der Waals surface area contributed by atoms with E-state index in [1.54, 1.807) is 0 Å². The Morgan fingerprint density at radius 2 is 1.90 bits per heavy atom. The Morgan fingerprint density at radius 3 is 2.48 bits per heavy atom. The van der Waals surface area contributed by atoms with Gasteiger partial charge < -0.3 is 15.2 Å². The number of amides is 1. The van der Waals surface area contributed by atoms with E-state index in [1.807, 2.05) is 0 Å². The zero-order chi connectivity index (χ0) is 15.2. The molecule has 0 aliphatic carbocycles. The maximum atomic E-state index is 12.7. The number of carboxylic acids is 1. The number of halogens is 1. The summed E-state index contributed by atoms with van der Waals surface area (Å²) < 4.78 is 17.8. The molecule has 0 spiro atoms. The highest BCUT2D eigenvalue weighted by Gasteiger charge is 2.07. The van der Waals surface area contributed by atoms with Crippen LogP contribution in [0.4, 0.5) is 10.1 Å². The molecule has 1 heterocycles. The summed E-state index contributed by atoms with van der Waals surface area (Å²) in [5, 5.41) is 11.2. The molecule has 21 heavy (non-hydrogen) atoms. The molecule has 0 saturated carbocycles. The number of hydrogen-bond donors (Lipinski definition) is 2. The number of nitrogens with zero attached hydrogens (tertiary/aromatic N) is 1. The molecule has 0 saturated heterocycles. The lowest BCUT2D eigenvalue weighted by atomic mass is 10.3. The smallest absolute Gasteiger partial charge is 0.354 e. The number of ether oxygens (including phenoxy) is 1. The number of nitrogens with one attached hydrogen (secondary N) is 1. The molecule has 0 aliphatic heterocycles. The molecule has 7 heteroatoms. The van der Waals surface area contributed by atoms with E-state index in [4.69, 9.17) is 9.84 Å². The maximum absolute atomic E-state index is 12.7. The summed E-state index contributed by atoms with van der Waals surface area (Å²) in [6.07, 6.45) is 1.24. The number of hydrogen-bond acceptors (Lipinski definition) is 4. The lowest BCUT2D eigenvalue weighted by Gasteiger charge is -2.07. The number of carbonyl (C=O) groups is 2. The molecule has 2 rings (SSSR count). The van der Waals surface area contributed by atoms with Crippen LogP contribution >= 0.6 is 0 Å². The Kier molecular flexibility index (Phi) is 4.45. The molecule has 6 nitrogen and oxygen atoms in total. The summed E-state index contributed by atoms with van der Waals surface area (Å²) in [6.45, 7) is -0.258. The van der Waals surface area contributed by atoms with Crippen LogP contribution in [-0.2, 0) is 4.79 Å². The third-order valence-corrected chi connectivity index (χ3v) is 2.45. The number of aromatic nitrogens is 1. The van der Waals surface area contributed by atoms with Gasteiger partial charge in [0.2, 0.25) is 0 Å². The van der Waals surface area contributed by atoms with Gasteiger partial charge in [-0.05, 0) is 36.4 Å². The van der Waals surface area contributed by atoms with Crippen molar-refractivity contribution in [2.75, 3.05) is 11.9 Å². The van der Waals surface area contributed by atoms with Gasteiger partial charge in [0.1, 0.15) is 17.3 Å². The van der Waals surface area contributed by atoms with Gasteiger partial charge in [0.25, 0.3) is 5.91 Å². The first kappa shape index (κ1) is 14.4. The minimum Gasteiger partial charge on any atom is -0.484 e. The van der Waals surface area contributed by atoms with Crippen LogP contribution in [0.25, 0.3) is 0 Å². The Balaban J connectivity index is 1.86. The van der Waals surface area contributed by atoms with Gasteiger partial charge >= 0.3 is 5.97 Å².